The second-order valence-electron chi connectivity index (χ2n) is 6.10. The van der Waals surface area contributed by atoms with Crippen LogP contribution in [0, 0.1) is 0 Å². The third-order valence-electron chi connectivity index (χ3n) is 4.43. The van der Waals surface area contributed by atoms with E-state index in [1.165, 1.54) is 4.90 Å². The minimum Gasteiger partial charge on any atom is -0.338 e. The van der Waals surface area contributed by atoms with Gasteiger partial charge in [-0.15, -0.1) is 0 Å². The fourth-order valence-electron chi connectivity index (χ4n) is 3.02. The third kappa shape index (κ3) is 3.99. The van der Waals surface area contributed by atoms with E-state index < -0.39 is 6.04 Å². The Labute approximate surface area is 147 Å². The number of likely N-dealkylation sites (N-methyl/N-ethyl adjacent to an activating group) is 1. The van der Waals surface area contributed by atoms with E-state index in [-0.39, 0.29) is 11.9 Å². The maximum absolute atomic E-state index is 12.6. The first-order chi connectivity index (χ1) is 12.2. The summed E-state index contributed by atoms with van der Waals surface area (Å²) >= 11 is 0. The molecule has 1 aromatic carbocycles. The van der Waals surface area contributed by atoms with Gasteiger partial charge in [0, 0.05) is 44.8 Å². The van der Waals surface area contributed by atoms with Crippen LogP contribution in [0.1, 0.15) is 12.8 Å². The van der Waals surface area contributed by atoms with E-state index >= 15 is 0 Å². The first-order valence-electron chi connectivity index (χ1n) is 8.51. The van der Waals surface area contributed by atoms with Crippen LogP contribution in [0.25, 0.3) is 0 Å². The van der Waals surface area contributed by atoms with Gasteiger partial charge < -0.3 is 15.1 Å². The first-order valence-corrected chi connectivity index (χ1v) is 8.51. The highest BCUT2D eigenvalue weighted by atomic mass is 16.2. The van der Waals surface area contributed by atoms with Gasteiger partial charge in [-0.05, 0) is 31.0 Å². The molecule has 2 aromatic rings. The summed E-state index contributed by atoms with van der Waals surface area (Å²) in [5, 5.41) is 6.99. The topological polar surface area (TPSA) is 70.5 Å². The minimum atomic E-state index is -0.411. The van der Waals surface area contributed by atoms with Crippen LogP contribution in [-0.2, 0) is 11.3 Å². The number of benzene rings is 1. The molecule has 1 aromatic heterocycles. The SMILES string of the molecule is CN(C(=O)NCCCn1cccn1)[C@@H]1CCN(c2ccccc2)C1=O. The Balaban J connectivity index is 1.48. The summed E-state index contributed by atoms with van der Waals surface area (Å²) < 4.78 is 1.83. The summed E-state index contributed by atoms with van der Waals surface area (Å²) in [5.74, 6) is -0.0274. The van der Waals surface area contributed by atoms with Gasteiger partial charge in [0.25, 0.3) is 0 Å². The molecule has 0 radical (unpaired) electrons. The molecule has 7 nitrogen and oxygen atoms in total. The Morgan fingerprint density at radius 1 is 1.32 bits per heavy atom. The highest BCUT2D eigenvalue weighted by Gasteiger charge is 2.37. The van der Waals surface area contributed by atoms with Crippen molar-refractivity contribution in [1.82, 2.24) is 20.0 Å². The van der Waals surface area contributed by atoms with Crippen LogP contribution in [0.2, 0.25) is 0 Å². The molecule has 0 unspecified atom stereocenters. The van der Waals surface area contributed by atoms with Gasteiger partial charge in [0.05, 0.1) is 0 Å². The van der Waals surface area contributed by atoms with Crippen LogP contribution in [0.15, 0.2) is 48.8 Å². The van der Waals surface area contributed by atoms with E-state index in [4.69, 9.17) is 0 Å². The monoisotopic (exact) mass is 341 g/mol. The molecule has 1 saturated heterocycles. The van der Waals surface area contributed by atoms with E-state index in [1.807, 2.05) is 47.3 Å². The first kappa shape index (κ1) is 17.0. The molecular weight excluding hydrogens is 318 g/mol. The number of para-hydroxylation sites is 1. The lowest BCUT2D eigenvalue weighted by Crippen LogP contribution is -2.47. The van der Waals surface area contributed by atoms with Crippen LogP contribution >= 0.6 is 0 Å². The van der Waals surface area contributed by atoms with E-state index in [2.05, 4.69) is 10.4 Å². The molecule has 3 rings (SSSR count). The number of carbonyl (C=O) groups is 2. The van der Waals surface area contributed by atoms with Gasteiger partial charge in [0.2, 0.25) is 5.91 Å². The number of rotatable bonds is 6. The highest BCUT2D eigenvalue weighted by molar-refractivity contribution is 6.01. The Kier molecular flexibility index (Phi) is 5.33. The van der Waals surface area contributed by atoms with Crippen molar-refractivity contribution >= 4 is 17.6 Å². The largest absolute Gasteiger partial charge is 0.338 e. The van der Waals surface area contributed by atoms with Crippen LogP contribution in [0.5, 0.6) is 0 Å². The van der Waals surface area contributed by atoms with E-state index in [0.717, 1.165) is 18.7 Å². The summed E-state index contributed by atoms with van der Waals surface area (Å²) in [7, 11) is 1.68. The number of aromatic nitrogens is 2. The lowest BCUT2D eigenvalue weighted by molar-refractivity contribution is -0.120. The zero-order chi connectivity index (χ0) is 17.6. The predicted octanol–water partition coefficient (Wildman–Crippen LogP) is 1.72. The number of aryl methyl sites for hydroxylation is 1. The smallest absolute Gasteiger partial charge is 0.317 e. The van der Waals surface area contributed by atoms with Gasteiger partial charge in [-0.3, -0.25) is 9.48 Å². The Bertz CT molecular complexity index is 702. The number of hydrogen-bond acceptors (Lipinski definition) is 3. The molecule has 7 heteroatoms. The number of amides is 3. The summed E-state index contributed by atoms with van der Waals surface area (Å²) in [6.45, 7) is 1.93. The Hall–Kier alpha value is -2.83. The molecule has 0 saturated carbocycles. The highest BCUT2D eigenvalue weighted by Crippen LogP contribution is 2.23. The van der Waals surface area contributed by atoms with Crippen molar-refractivity contribution in [2.45, 2.75) is 25.4 Å². The lowest BCUT2D eigenvalue weighted by atomic mass is 10.2. The van der Waals surface area contributed by atoms with Crippen molar-refractivity contribution < 1.29 is 9.59 Å². The van der Waals surface area contributed by atoms with Gasteiger partial charge in [-0.1, -0.05) is 18.2 Å². The molecule has 0 bridgehead atoms. The van der Waals surface area contributed by atoms with Crippen molar-refractivity contribution in [3.63, 3.8) is 0 Å². The third-order valence-corrected chi connectivity index (χ3v) is 4.43. The molecule has 1 fully saturated rings. The van der Waals surface area contributed by atoms with Gasteiger partial charge >= 0.3 is 6.03 Å². The van der Waals surface area contributed by atoms with Crippen molar-refractivity contribution in [3.05, 3.63) is 48.8 Å². The normalized spacial score (nSPS) is 16.9. The summed E-state index contributed by atoms with van der Waals surface area (Å²) in [6.07, 6.45) is 5.06. The number of carbonyl (C=O) groups excluding carboxylic acids is 2. The van der Waals surface area contributed by atoms with Crippen molar-refractivity contribution in [1.29, 1.82) is 0 Å². The van der Waals surface area contributed by atoms with Gasteiger partial charge in [-0.25, -0.2) is 4.79 Å². The molecule has 1 aliphatic heterocycles. The molecule has 2 heterocycles. The molecular formula is C18H23N5O2. The molecule has 1 atom stereocenters. The van der Waals surface area contributed by atoms with Crippen LogP contribution < -0.4 is 10.2 Å². The Morgan fingerprint density at radius 2 is 2.12 bits per heavy atom. The quantitative estimate of drug-likeness (QED) is 0.813. The number of nitrogens with one attached hydrogen (secondary N) is 1. The zero-order valence-electron chi connectivity index (χ0n) is 14.3. The minimum absolute atomic E-state index is 0.0274. The van der Waals surface area contributed by atoms with Gasteiger partial charge in [0.15, 0.2) is 0 Å². The van der Waals surface area contributed by atoms with Crippen LogP contribution in [0.3, 0.4) is 0 Å². The van der Waals surface area contributed by atoms with Crippen LogP contribution in [0.4, 0.5) is 10.5 Å². The molecule has 132 valence electrons. The number of urea groups is 1. The molecule has 1 aliphatic rings. The second-order valence-corrected chi connectivity index (χ2v) is 6.10. The second kappa shape index (κ2) is 7.83. The predicted molar refractivity (Wildman–Crippen MR) is 95.2 cm³/mol. The maximum atomic E-state index is 12.6. The lowest BCUT2D eigenvalue weighted by Gasteiger charge is -2.24. The van der Waals surface area contributed by atoms with E-state index in [1.54, 1.807) is 18.1 Å². The van der Waals surface area contributed by atoms with E-state index in [9.17, 15) is 9.59 Å². The molecule has 0 aliphatic carbocycles. The molecule has 25 heavy (non-hydrogen) atoms. The van der Waals surface area contributed by atoms with Gasteiger partial charge in [-0.2, -0.15) is 5.10 Å². The molecule has 1 N–H and O–H groups in total. The zero-order valence-corrected chi connectivity index (χ0v) is 14.3. The van der Waals surface area contributed by atoms with E-state index in [0.29, 0.717) is 19.5 Å². The van der Waals surface area contributed by atoms with Gasteiger partial charge in [0.1, 0.15) is 6.04 Å². The average Bonchev–Trinajstić information content (AvgIpc) is 3.28. The average molecular weight is 341 g/mol. The van der Waals surface area contributed by atoms with Crippen LogP contribution in [-0.4, -0.2) is 52.8 Å². The number of anilines is 1. The number of hydrogen-bond donors (Lipinski definition) is 1. The van der Waals surface area contributed by atoms with Crippen molar-refractivity contribution in [2.24, 2.45) is 0 Å². The standard InChI is InChI=1S/C18H23N5O2/c1-21(18(25)19-10-5-12-22-13-6-11-20-22)16-9-14-23(17(16)24)15-7-3-2-4-8-15/h2-4,6-8,11,13,16H,5,9-10,12,14H2,1H3,(H,19,25)/t16-/m1/s1. The summed E-state index contributed by atoms with van der Waals surface area (Å²) in [6, 6.07) is 10.8. The van der Waals surface area contributed by atoms with Crippen molar-refractivity contribution in [3.8, 4) is 0 Å². The maximum Gasteiger partial charge on any atom is 0.317 e. The Morgan fingerprint density at radius 3 is 2.84 bits per heavy atom. The summed E-state index contributed by atoms with van der Waals surface area (Å²) in [4.78, 5) is 28.2. The molecule has 3 amide bonds. The van der Waals surface area contributed by atoms with Crippen molar-refractivity contribution in [2.75, 3.05) is 25.0 Å². The molecule has 0 spiro atoms. The number of nitrogens with zero attached hydrogens (tertiary/aromatic N) is 4. The summed E-state index contributed by atoms with van der Waals surface area (Å²) in [5.41, 5.74) is 0.878. The fourth-order valence-corrected chi connectivity index (χ4v) is 3.02. The fraction of sp³-hybridized carbons (Fsp3) is 0.389.